The SMILES string of the molecule is CCCC(O)CC(O)CC(=O)CCc1ccc(O)c(OCn2cc3[nH]cc(Cc4c(CO)ccc5c4CCNC5N)c3c2)c1. The Bertz CT molecular complexity index is 1580. The minimum absolute atomic E-state index is 0.0110. The van der Waals surface area contributed by atoms with Gasteiger partial charge in [-0.3, -0.25) is 10.1 Å². The van der Waals surface area contributed by atoms with E-state index in [4.69, 9.17) is 10.5 Å². The van der Waals surface area contributed by atoms with Gasteiger partial charge in [-0.2, -0.15) is 0 Å². The number of aromatic hydroxyl groups is 1. The number of aromatic nitrogens is 2. The number of aliphatic hydroxyl groups excluding tert-OH is 3. The number of nitrogens with zero attached hydrogens (tertiary/aromatic N) is 1. The molecule has 8 N–H and O–H groups in total. The molecule has 3 atom stereocenters. The van der Waals surface area contributed by atoms with Crippen molar-refractivity contribution in [2.45, 2.75) is 90.0 Å². The van der Waals surface area contributed by atoms with E-state index in [-0.39, 0.29) is 50.3 Å². The van der Waals surface area contributed by atoms with Crippen LogP contribution in [0.25, 0.3) is 10.9 Å². The van der Waals surface area contributed by atoms with Crippen molar-refractivity contribution < 1.29 is 30.0 Å². The number of aromatic amines is 1. The second kappa shape index (κ2) is 14.4. The number of H-pyrrole nitrogens is 1. The highest BCUT2D eigenvalue weighted by Crippen LogP contribution is 2.32. The van der Waals surface area contributed by atoms with E-state index in [1.54, 1.807) is 18.2 Å². The van der Waals surface area contributed by atoms with Gasteiger partial charge < -0.3 is 40.4 Å². The van der Waals surface area contributed by atoms with E-state index in [2.05, 4.69) is 10.3 Å². The zero-order valence-electron chi connectivity index (χ0n) is 25.3. The first-order chi connectivity index (χ1) is 21.2. The van der Waals surface area contributed by atoms with Crippen molar-refractivity contribution in [3.8, 4) is 11.5 Å². The number of ketones is 1. The number of hydrogen-bond acceptors (Lipinski definition) is 8. The number of rotatable bonds is 15. The lowest BCUT2D eigenvalue weighted by atomic mass is 9.87. The Morgan fingerprint density at radius 2 is 2.00 bits per heavy atom. The molecule has 3 unspecified atom stereocenters. The summed E-state index contributed by atoms with van der Waals surface area (Å²) in [6, 6.07) is 9.02. The minimum Gasteiger partial charge on any atom is -0.504 e. The molecule has 0 spiro atoms. The molecule has 0 saturated heterocycles. The number of phenols is 1. The number of nitrogens with two attached hydrogens (primary N) is 1. The van der Waals surface area contributed by atoms with Crippen LogP contribution >= 0.6 is 0 Å². The van der Waals surface area contributed by atoms with Gasteiger partial charge in [0.25, 0.3) is 0 Å². The third-order valence-electron chi connectivity index (χ3n) is 8.52. The van der Waals surface area contributed by atoms with Gasteiger partial charge in [-0.25, -0.2) is 0 Å². The number of aliphatic hydroxyl groups is 3. The van der Waals surface area contributed by atoms with Crippen LogP contribution in [-0.2, 0) is 37.4 Å². The molecule has 10 heteroatoms. The first-order valence-electron chi connectivity index (χ1n) is 15.5. The van der Waals surface area contributed by atoms with E-state index in [1.165, 1.54) is 5.56 Å². The van der Waals surface area contributed by atoms with Crippen LogP contribution in [0.5, 0.6) is 11.5 Å². The number of benzene rings is 2. The van der Waals surface area contributed by atoms with E-state index in [0.29, 0.717) is 25.0 Å². The van der Waals surface area contributed by atoms with Crippen LogP contribution in [0, 0.1) is 0 Å². The number of phenolic OH excluding ortho intramolecular Hbond substituents is 1. The van der Waals surface area contributed by atoms with Crippen LogP contribution in [0.15, 0.2) is 48.9 Å². The van der Waals surface area contributed by atoms with Crippen molar-refractivity contribution in [3.63, 3.8) is 0 Å². The Morgan fingerprint density at radius 3 is 2.80 bits per heavy atom. The van der Waals surface area contributed by atoms with E-state index >= 15 is 0 Å². The number of aryl methyl sites for hydroxylation is 1. The third-order valence-corrected chi connectivity index (χ3v) is 8.52. The van der Waals surface area contributed by atoms with Crippen molar-refractivity contribution in [3.05, 3.63) is 82.3 Å². The number of Topliss-reactive ketones (excluding diaryl/α,β-unsaturated/α-hetero) is 1. The number of carbonyl (C=O) groups is 1. The second-order valence-corrected chi connectivity index (χ2v) is 11.9. The van der Waals surface area contributed by atoms with Crippen molar-refractivity contribution in [1.29, 1.82) is 0 Å². The van der Waals surface area contributed by atoms with Gasteiger partial charge in [0.1, 0.15) is 5.78 Å². The molecule has 1 aliphatic rings. The van der Waals surface area contributed by atoms with E-state index in [1.807, 2.05) is 42.2 Å². The number of carbonyl (C=O) groups excluding carboxylic acids is 1. The summed E-state index contributed by atoms with van der Waals surface area (Å²) in [5.74, 6) is 0.261. The maximum atomic E-state index is 12.4. The molecule has 0 amide bonds. The summed E-state index contributed by atoms with van der Waals surface area (Å²) in [7, 11) is 0. The van der Waals surface area contributed by atoms with E-state index in [0.717, 1.165) is 58.1 Å². The Labute approximate surface area is 257 Å². The number of hydrogen-bond donors (Lipinski definition) is 7. The lowest BCUT2D eigenvalue weighted by Gasteiger charge is -2.27. The first kappa shape index (κ1) is 31.7. The summed E-state index contributed by atoms with van der Waals surface area (Å²) in [5.41, 5.74) is 13.5. The van der Waals surface area contributed by atoms with Crippen molar-refractivity contribution >= 4 is 16.7 Å². The zero-order chi connectivity index (χ0) is 31.2. The molecular weight excluding hydrogens is 560 g/mol. The predicted molar refractivity (Wildman–Crippen MR) is 168 cm³/mol. The summed E-state index contributed by atoms with van der Waals surface area (Å²) >= 11 is 0. The molecule has 0 fully saturated rings. The largest absolute Gasteiger partial charge is 0.504 e. The summed E-state index contributed by atoms with van der Waals surface area (Å²) in [6.45, 7) is 2.90. The smallest absolute Gasteiger partial charge is 0.165 e. The molecule has 5 rings (SSSR count). The van der Waals surface area contributed by atoms with E-state index in [9.17, 15) is 25.2 Å². The maximum absolute atomic E-state index is 12.4. The number of fused-ring (bicyclic) bond motifs is 2. The number of ether oxygens (including phenoxy) is 1. The van der Waals surface area contributed by atoms with Crippen molar-refractivity contribution in [1.82, 2.24) is 14.9 Å². The molecular formula is C34H44N4O6. The van der Waals surface area contributed by atoms with E-state index < -0.39 is 12.2 Å². The van der Waals surface area contributed by atoms with Crippen LogP contribution in [0.2, 0.25) is 0 Å². The molecule has 0 bridgehead atoms. The third kappa shape index (κ3) is 7.51. The van der Waals surface area contributed by atoms with Crippen molar-refractivity contribution in [2.24, 2.45) is 5.73 Å². The summed E-state index contributed by atoms with van der Waals surface area (Å²) in [4.78, 5) is 15.7. The lowest BCUT2D eigenvalue weighted by molar-refractivity contribution is -0.121. The molecule has 3 heterocycles. The van der Waals surface area contributed by atoms with Crippen LogP contribution in [0.1, 0.15) is 78.6 Å². The standard InChI is InChI=1S/C34H44N4O6/c1-2-3-24(40)14-26(42)15-25(41)7-4-21-5-9-32(43)33(12-21)44-20-38-17-30-23(16-37-31(30)18-38)13-29-22(19-39)6-8-28-27(29)10-11-36-34(28)35/h5-6,8-9,12,16-18,24,26,34,36-37,39-40,42-43H,2-4,7,10-11,13-15,19-20,35H2,1H3. The molecule has 236 valence electrons. The van der Waals surface area contributed by atoms with Gasteiger partial charge >= 0.3 is 0 Å². The molecule has 2 aromatic heterocycles. The van der Waals surface area contributed by atoms with Gasteiger partial charge in [-0.1, -0.05) is 31.5 Å². The topological polar surface area (TPSA) is 166 Å². The highest BCUT2D eigenvalue weighted by atomic mass is 16.5. The van der Waals surface area contributed by atoms with Gasteiger partial charge in [0, 0.05) is 49.8 Å². The van der Waals surface area contributed by atoms with Gasteiger partial charge in [0.15, 0.2) is 18.2 Å². The van der Waals surface area contributed by atoms with Gasteiger partial charge in [0.05, 0.1) is 30.5 Å². The quantitative estimate of drug-likeness (QED) is 0.108. The van der Waals surface area contributed by atoms with Crippen LogP contribution in [0.3, 0.4) is 0 Å². The fourth-order valence-electron chi connectivity index (χ4n) is 6.18. The van der Waals surface area contributed by atoms with Gasteiger partial charge in [-0.15, -0.1) is 0 Å². The van der Waals surface area contributed by atoms with Crippen LogP contribution < -0.4 is 15.8 Å². The zero-order valence-corrected chi connectivity index (χ0v) is 25.3. The maximum Gasteiger partial charge on any atom is 0.165 e. The lowest BCUT2D eigenvalue weighted by Crippen LogP contribution is -2.36. The summed E-state index contributed by atoms with van der Waals surface area (Å²) in [5, 5.41) is 44.8. The fraction of sp³-hybridized carbons (Fsp3) is 0.441. The summed E-state index contributed by atoms with van der Waals surface area (Å²) < 4.78 is 7.88. The first-order valence-corrected chi connectivity index (χ1v) is 15.5. The molecule has 0 radical (unpaired) electrons. The molecule has 10 nitrogen and oxygen atoms in total. The normalized spacial score (nSPS) is 16.2. The Kier molecular flexibility index (Phi) is 10.4. The molecule has 0 aliphatic carbocycles. The highest BCUT2D eigenvalue weighted by molar-refractivity contribution is 5.83. The van der Waals surface area contributed by atoms with Gasteiger partial charge in [0.2, 0.25) is 0 Å². The Morgan fingerprint density at radius 1 is 1.16 bits per heavy atom. The molecule has 0 saturated carbocycles. The molecule has 2 aromatic carbocycles. The average Bonchev–Trinajstić information content (AvgIpc) is 3.57. The predicted octanol–water partition coefficient (Wildman–Crippen LogP) is 3.70. The summed E-state index contributed by atoms with van der Waals surface area (Å²) in [6.07, 6.45) is 8.18. The monoisotopic (exact) mass is 604 g/mol. The van der Waals surface area contributed by atoms with Crippen LogP contribution in [-0.4, -0.2) is 54.5 Å². The highest BCUT2D eigenvalue weighted by Gasteiger charge is 2.22. The van der Waals surface area contributed by atoms with Crippen molar-refractivity contribution in [2.75, 3.05) is 6.54 Å². The van der Waals surface area contributed by atoms with Crippen LogP contribution in [0.4, 0.5) is 0 Å². The number of nitrogens with one attached hydrogen (secondary N) is 2. The Balaban J connectivity index is 1.21. The second-order valence-electron chi connectivity index (χ2n) is 11.9. The minimum atomic E-state index is -0.846. The molecule has 44 heavy (non-hydrogen) atoms. The van der Waals surface area contributed by atoms with Gasteiger partial charge in [-0.05, 0) is 71.2 Å². The Hall–Kier alpha value is -3.67. The molecule has 1 aliphatic heterocycles. The fourth-order valence-corrected chi connectivity index (χ4v) is 6.18. The molecule has 4 aromatic rings. The average molecular weight is 605 g/mol.